The fraction of sp³-hybridized carbons (Fsp3) is 0.333. The van der Waals surface area contributed by atoms with E-state index in [0.717, 1.165) is 24.5 Å². The Morgan fingerprint density at radius 2 is 2.24 bits per heavy atom. The molecule has 1 aliphatic heterocycles. The first-order valence-corrected chi connectivity index (χ1v) is 8.64. The van der Waals surface area contributed by atoms with Gasteiger partial charge in [0, 0.05) is 0 Å². The van der Waals surface area contributed by atoms with E-state index in [1.165, 1.54) is 11.3 Å². The molecule has 1 aliphatic rings. The van der Waals surface area contributed by atoms with E-state index in [1.54, 1.807) is 0 Å². The molecule has 0 spiro atoms. The van der Waals surface area contributed by atoms with Gasteiger partial charge in [-0.2, -0.15) is 0 Å². The van der Waals surface area contributed by atoms with E-state index < -0.39 is 0 Å². The summed E-state index contributed by atoms with van der Waals surface area (Å²) in [6.07, 6.45) is 3.83. The number of hydrogen-bond acceptors (Lipinski definition) is 3. The van der Waals surface area contributed by atoms with Crippen molar-refractivity contribution < 1.29 is 21.5 Å². The SMILES string of the molecule is C[I-]N1Cc2cnn(-c3cccnc3C)c2C1. The second-order valence-corrected chi connectivity index (χ2v) is 6.41. The molecular formula is C12H14IN4-. The quantitative estimate of drug-likeness (QED) is 0.380. The van der Waals surface area contributed by atoms with Crippen molar-refractivity contribution in [1.29, 1.82) is 0 Å². The summed E-state index contributed by atoms with van der Waals surface area (Å²) in [5.41, 5.74) is 4.84. The van der Waals surface area contributed by atoms with Gasteiger partial charge in [-0.3, -0.25) is 0 Å². The van der Waals surface area contributed by atoms with E-state index >= 15 is 0 Å². The summed E-state index contributed by atoms with van der Waals surface area (Å²) in [5.74, 6) is 0. The molecule has 3 rings (SSSR count). The molecule has 4 nitrogen and oxygen atoms in total. The van der Waals surface area contributed by atoms with Crippen LogP contribution in [0.25, 0.3) is 5.69 Å². The number of nitrogens with zero attached hydrogens (tertiary/aromatic N) is 4. The predicted octanol–water partition coefficient (Wildman–Crippen LogP) is -1.47. The van der Waals surface area contributed by atoms with Crippen LogP contribution in [0.15, 0.2) is 24.5 Å². The minimum atomic E-state index is 0.168. The number of fused-ring (bicyclic) bond motifs is 1. The van der Waals surface area contributed by atoms with Gasteiger partial charge in [0.1, 0.15) is 0 Å². The molecule has 0 unspecified atom stereocenters. The van der Waals surface area contributed by atoms with E-state index in [4.69, 9.17) is 0 Å². The van der Waals surface area contributed by atoms with Gasteiger partial charge < -0.3 is 0 Å². The number of halogens is 1. The monoisotopic (exact) mass is 341 g/mol. The molecule has 0 bridgehead atoms. The normalized spacial score (nSPS) is 15.4. The number of alkyl halides is 1. The third-order valence-electron chi connectivity index (χ3n) is 3.06. The molecule has 0 saturated carbocycles. The standard InChI is InChI=1S/C12H14IN4/c1-9-11(4-3-5-14-9)17-12-8-16(13-2)7-10(12)6-15-17/h3-6H,7-8H2,1-2H3/q-1. The summed E-state index contributed by atoms with van der Waals surface area (Å²) in [6.45, 7) is 4.13. The van der Waals surface area contributed by atoms with Crippen molar-refractivity contribution in [3.05, 3.63) is 41.5 Å². The Hall–Kier alpha value is -0.950. The summed E-state index contributed by atoms with van der Waals surface area (Å²) in [4.78, 5) is 6.64. The molecule has 0 aromatic carbocycles. The van der Waals surface area contributed by atoms with Gasteiger partial charge in [0.2, 0.25) is 0 Å². The first-order valence-electron chi connectivity index (χ1n) is 5.52. The van der Waals surface area contributed by atoms with Crippen molar-refractivity contribution in [1.82, 2.24) is 17.9 Å². The number of aryl methyl sites for hydroxylation is 1. The van der Waals surface area contributed by atoms with E-state index in [2.05, 4.69) is 28.9 Å². The topological polar surface area (TPSA) is 34.0 Å². The molecule has 0 atom stereocenters. The maximum atomic E-state index is 4.50. The van der Waals surface area contributed by atoms with Crippen molar-refractivity contribution in [3.8, 4) is 5.69 Å². The van der Waals surface area contributed by atoms with Crippen molar-refractivity contribution in [2.24, 2.45) is 0 Å². The van der Waals surface area contributed by atoms with Crippen LogP contribution < -0.4 is 21.5 Å². The van der Waals surface area contributed by atoms with Gasteiger partial charge in [0.25, 0.3) is 0 Å². The average molecular weight is 341 g/mol. The zero-order valence-electron chi connectivity index (χ0n) is 9.89. The Labute approximate surface area is 111 Å². The van der Waals surface area contributed by atoms with Crippen molar-refractivity contribution in [2.75, 3.05) is 4.93 Å². The average Bonchev–Trinajstić information content (AvgIpc) is 2.89. The van der Waals surface area contributed by atoms with Gasteiger partial charge in [-0.1, -0.05) is 0 Å². The maximum absolute atomic E-state index is 4.50. The fourth-order valence-electron chi connectivity index (χ4n) is 2.14. The summed E-state index contributed by atoms with van der Waals surface area (Å²) in [6, 6.07) is 4.05. The molecule has 0 radical (unpaired) electrons. The molecule has 2 aromatic rings. The fourth-order valence-corrected chi connectivity index (χ4v) is 3.51. The number of aromatic nitrogens is 3. The van der Waals surface area contributed by atoms with E-state index in [9.17, 15) is 0 Å². The summed E-state index contributed by atoms with van der Waals surface area (Å²) >= 11 is 0.168. The van der Waals surface area contributed by atoms with Gasteiger partial charge in [0.15, 0.2) is 0 Å². The molecule has 2 aromatic heterocycles. The third-order valence-corrected chi connectivity index (χ3v) is 5.11. The van der Waals surface area contributed by atoms with Gasteiger partial charge in [-0.05, 0) is 0 Å². The molecule has 3 heterocycles. The van der Waals surface area contributed by atoms with Crippen LogP contribution in [0.4, 0.5) is 0 Å². The van der Waals surface area contributed by atoms with Gasteiger partial charge in [-0.15, -0.1) is 0 Å². The van der Waals surface area contributed by atoms with Crippen LogP contribution in [0.1, 0.15) is 17.0 Å². The van der Waals surface area contributed by atoms with Crippen LogP contribution >= 0.6 is 0 Å². The summed E-state index contributed by atoms with van der Waals surface area (Å²) in [7, 11) is 0. The van der Waals surface area contributed by atoms with Crippen LogP contribution in [-0.2, 0) is 13.1 Å². The molecule has 90 valence electrons. The molecule has 17 heavy (non-hydrogen) atoms. The molecule has 0 saturated heterocycles. The Kier molecular flexibility index (Phi) is 2.87. The second kappa shape index (κ2) is 4.38. The number of pyridine rings is 1. The van der Waals surface area contributed by atoms with Crippen LogP contribution in [-0.4, -0.2) is 22.8 Å². The van der Waals surface area contributed by atoms with Gasteiger partial charge in [-0.25, -0.2) is 0 Å². The number of hydrogen-bond donors (Lipinski definition) is 0. The van der Waals surface area contributed by atoms with E-state index in [-0.39, 0.29) is 21.5 Å². The molecular weight excluding hydrogens is 327 g/mol. The zero-order chi connectivity index (χ0) is 11.8. The molecule has 0 aliphatic carbocycles. The number of rotatable bonds is 2. The predicted molar refractivity (Wildman–Crippen MR) is 61.3 cm³/mol. The van der Waals surface area contributed by atoms with Crippen molar-refractivity contribution in [2.45, 2.75) is 20.0 Å². The van der Waals surface area contributed by atoms with Gasteiger partial charge >= 0.3 is 111 Å². The van der Waals surface area contributed by atoms with Crippen molar-refractivity contribution in [3.63, 3.8) is 0 Å². The first-order chi connectivity index (χ1) is 8.29. The Balaban J connectivity index is 2.05. The second-order valence-electron chi connectivity index (χ2n) is 4.08. The van der Waals surface area contributed by atoms with Crippen LogP contribution in [0.3, 0.4) is 0 Å². The zero-order valence-corrected chi connectivity index (χ0v) is 12.0. The third kappa shape index (κ3) is 1.87. The summed E-state index contributed by atoms with van der Waals surface area (Å²) in [5, 5.41) is 4.50. The molecule has 5 heteroatoms. The molecule has 0 N–H and O–H groups in total. The Bertz CT molecular complexity index is 549. The van der Waals surface area contributed by atoms with Crippen LogP contribution in [0.2, 0.25) is 0 Å². The van der Waals surface area contributed by atoms with Crippen LogP contribution in [0, 0.1) is 6.92 Å². The van der Waals surface area contributed by atoms with Gasteiger partial charge in [0.05, 0.1) is 0 Å². The van der Waals surface area contributed by atoms with E-state index in [1.807, 2.05) is 25.4 Å². The molecule has 0 fully saturated rings. The van der Waals surface area contributed by atoms with Crippen LogP contribution in [0.5, 0.6) is 0 Å². The van der Waals surface area contributed by atoms with Crippen molar-refractivity contribution >= 4 is 0 Å². The van der Waals surface area contributed by atoms with E-state index in [0.29, 0.717) is 0 Å². The first kappa shape index (κ1) is 11.2. The Morgan fingerprint density at radius 1 is 1.35 bits per heavy atom. The summed E-state index contributed by atoms with van der Waals surface area (Å²) < 4.78 is 4.57. The Morgan fingerprint density at radius 3 is 3.00 bits per heavy atom. The minimum absolute atomic E-state index is 0.168. The molecule has 0 amide bonds.